The topological polar surface area (TPSA) is 32.3 Å². The van der Waals surface area contributed by atoms with E-state index in [2.05, 4.69) is 26.1 Å². The summed E-state index contributed by atoms with van der Waals surface area (Å²) < 4.78 is 0. The van der Waals surface area contributed by atoms with E-state index in [-0.39, 0.29) is 5.41 Å². The summed E-state index contributed by atoms with van der Waals surface area (Å²) >= 11 is 0. The fraction of sp³-hybridized carbons (Fsp3) is 1.00. The molecular weight excluding hydrogens is 150 g/mol. The third-order valence-corrected chi connectivity index (χ3v) is 3.73. The van der Waals surface area contributed by atoms with Gasteiger partial charge in [0.15, 0.2) is 0 Å². The maximum absolute atomic E-state index is 10.2. The molecule has 1 spiro atoms. The standard InChI is InChI=1S/C10H19NO/c1-8(2,3)10(12)4-9(5-10)6-11-7-9/h11-12H,4-7H2,1-3H3. The SMILES string of the molecule is CC(C)(C)C1(O)CC2(CNC2)C1. The van der Waals surface area contributed by atoms with E-state index < -0.39 is 5.60 Å². The van der Waals surface area contributed by atoms with Gasteiger partial charge in [-0.1, -0.05) is 20.8 Å². The Balaban J connectivity index is 2.01. The molecule has 0 aromatic carbocycles. The first-order chi connectivity index (χ1) is 5.37. The Morgan fingerprint density at radius 3 is 1.92 bits per heavy atom. The minimum absolute atomic E-state index is 0.0494. The zero-order valence-corrected chi connectivity index (χ0v) is 8.28. The highest BCUT2D eigenvalue weighted by molar-refractivity contribution is 5.14. The molecule has 0 amide bonds. The Bertz CT molecular complexity index is 192. The van der Waals surface area contributed by atoms with Crippen LogP contribution in [0.4, 0.5) is 0 Å². The zero-order valence-electron chi connectivity index (χ0n) is 8.28. The predicted molar refractivity (Wildman–Crippen MR) is 48.9 cm³/mol. The average molecular weight is 169 g/mol. The molecule has 1 aliphatic heterocycles. The molecule has 70 valence electrons. The highest BCUT2D eigenvalue weighted by atomic mass is 16.3. The second kappa shape index (κ2) is 2.05. The van der Waals surface area contributed by atoms with Crippen LogP contribution in [-0.4, -0.2) is 23.8 Å². The highest BCUT2D eigenvalue weighted by Crippen LogP contribution is 2.57. The van der Waals surface area contributed by atoms with Crippen LogP contribution >= 0.6 is 0 Å². The minimum Gasteiger partial charge on any atom is -0.389 e. The van der Waals surface area contributed by atoms with Crippen LogP contribution in [0.2, 0.25) is 0 Å². The zero-order chi connectivity index (χ0) is 9.04. The number of hydrogen-bond acceptors (Lipinski definition) is 2. The molecule has 0 aromatic heterocycles. The van der Waals surface area contributed by atoms with Crippen molar-refractivity contribution in [1.82, 2.24) is 5.32 Å². The van der Waals surface area contributed by atoms with Gasteiger partial charge in [-0.3, -0.25) is 0 Å². The van der Waals surface area contributed by atoms with Gasteiger partial charge in [-0.25, -0.2) is 0 Å². The normalized spacial score (nSPS) is 31.0. The summed E-state index contributed by atoms with van der Waals surface area (Å²) in [5.41, 5.74) is 0.130. The number of nitrogens with one attached hydrogen (secondary N) is 1. The lowest BCUT2D eigenvalue weighted by atomic mass is 9.49. The van der Waals surface area contributed by atoms with E-state index in [0.29, 0.717) is 5.41 Å². The van der Waals surface area contributed by atoms with Gasteiger partial charge in [0.1, 0.15) is 0 Å². The van der Waals surface area contributed by atoms with Crippen molar-refractivity contribution in [2.45, 2.75) is 39.2 Å². The van der Waals surface area contributed by atoms with E-state index in [9.17, 15) is 5.11 Å². The summed E-state index contributed by atoms with van der Waals surface area (Å²) in [5, 5.41) is 13.5. The van der Waals surface area contributed by atoms with Gasteiger partial charge in [-0.15, -0.1) is 0 Å². The molecule has 1 heterocycles. The van der Waals surface area contributed by atoms with Gasteiger partial charge < -0.3 is 10.4 Å². The van der Waals surface area contributed by atoms with Crippen molar-refractivity contribution in [3.05, 3.63) is 0 Å². The number of hydrogen-bond donors (Lipinski definition) is 2. The lowest BCUT2D eigenvalue weighted by molar-refractivity contribution is -0.203. The smallest absolute Gasteiger partial charge is 0.0708 e. The van der Waals surface area contributed by atoms with Crippen molar-refractivity contribution in [2.75, 3.05) is 13.1 Å². The van der Waals surface area contributed by atoms with Crippen molar-refractivity contribution >= 4 is 0 Å². The Labute approximate surface area is 74.4 Å². The molecular formula is C10H19NO. The van der Waals surface area contributed by atoms with Gasteiger partial charge in [-0.2, -0.15) is 0 Å². The van der Waals surface area contributed by atoms with Crippen molar-refractivity contribution in [3.8, 4) is 0 Å². The third kappa shape index (κ3) is 0.944. The first kappa shape index (κ1) is 8.52. The van der Waals surface area contributed by atoms with Crippen LogP contribution in [0.15, 0.2) is 0 Å². The van der Waals surface area contributed by atoms with E-state index in [1.165, 1.54) is 0 Å². The van der Waals surface area contributed by atoms with Crippen molar-refractivity contribution in [3.63, 3.8) is 0 Å². The van der Waals surface area contributed by atoms with Crippen LogP contribution in [-0.2, 0) is 0 Å². The van der Waals surface area contributed by atoms with E-state index in [0.717, 1.165) is 25.9 Å². The average Bonchev–Trinajstić information content (AvgIpc) is 1.73. The minimum atomic E-state index is -0.394. The molecule has 1 aliphatic carbocycles. The van der Waals surface area contributed by atoms with Gasteiger partial charge in [0.05, 0.1) is 5.60 Å². The number of rotatable bonds is 0. The lowest BCUT2D eigenvalue weighted by Gasteiger charge is -2.63. The Kier molecular flexibility index (Phi) is 1.45. The summed E-state index contributed by atoms with van der Waals surface area (Å²) in [6, 6.07) is 0. The maximum Gasteiger partial charge on any atom is 0.0708 e. The summed E-state index contributed by atoms with van der Waals surface area (Å²) in [7, 11) is 0. The molecule has 0 atom stereocenters. The molecule has 2 fully saturated rings. The molecule has 2 aliphatic rings. The molecule has 1 saturated heterocycles. The monoisotopic (exact) mass is 169 g/mol. The molecule has 2 nitrogen and oxygen atoms in total. The fourth-order valence-electron chi connectivity index (χ4n) is 2.45. The summed E-state index contributed by atoms with van der Waals surface area (Å²) in [4.78, 5) is 0. The van der Waals surface area contributed by atoms with Crippen molar-refractivity contribution in [1.29, 1.82) is 0 Å². The second-order valence-corrected chi connectivity index (χ2v) is 5.74. The van der Waals surface area contributed by atoms with E-state index in [1.54, 1.807) is 0 Å². The Morgan fingerprint density at radius 2 is 1.67 bits per heavy atom. The van der Waals surface area contributed by atoms with Crippen LogP contribution in [0.5, 0.6) is 0 Å². The van der Waals surface area contributed by atoms with Gasteiger partial charge in [0.2, 0.25) is 0 Å². The van der Waals surface area contributed by atoms with E-state index in [1.807, 2.05) is 0 Å². The first-order valence-corrected chi connectivity index (χ1v) is 4.80. The van der Waals surface area contributed by atoms with Crippen molar-refractivity contribution in [2.24, 2.45) is 10.8 Å². The highest BCUT2D eigenvalue weighted by Gasteiger charge is 2.60. The lowest BCUT2D eigenvalue weighted by Crippen LogP contribution is -2.70. The van der Waals surface area contributed by atoms with Gasteiger partial charge in [0.25, 0.3) is 0 Å². The molecule has 2 heteroatoms. The first-order valence-electron chi connectivity index (χ1n) is 4.80. The fourth-order valence-corrected chi connectivity index (χ4v) is 2.45. The second-order valence-electron chi connectivity index (χ2n) is 5.74. The van der Waals surface area contributed by atoms with Crippen LogP contribution in [0.3, 0.4) is 0 Å². The Hall–Kier alpha value is -0.0800. The quantitative estimate of drug-likeness (QED) is 0.570. The van der Waals surface area contributed by atoms with Crippen LogP contribution in [0, 0.1) is 10.8 Å². The molecule has 0 bridgehead atoms. The molecule has 2 N–H and O–H groups in total. The molecule has 0 aromatic rings. The maximum atomic E-state index is 10.2. The molecule has 1 saturated carbocycles. The van der Waals surface area contributed by atoms with Crippen molar-refractivity contribution < 1.29 is 5.11 Å². The molecule has 2 rings (SSSR count). The summed E-state index contributed by atoms with van der Waals surface area (Å²) in [6.07, 6.45) is 1.99. The van der Waals surface area contributed by atoms with E-state index in [4.69, 9.17) is 0 Å². The molecule has 12 heavy (non-hydrogen) atoms. The third-order valence-electron chi connectivity index (χ3n) is 3.73. The van der Waals surface area contributed by atoms with Crippen LogP contribution < -0.4 is 5.32 Å². The van der Waals surface area contributed by atoms with Gasteiger partial charge >= 0.3 is 0 Å². The van der Waals surface area contributed by atoms with Gasteiger partial charge in [-0.05, 0) is 18.3 Å². The van der Waals surface area contributed by atoms with Gasteiger partial charge in [0, 0.05) is 18.5 Å². The molecule has 0 unspecified atom stereocenters. The van der Waals surface area contributed by atoms with Crippen LogP contribution in [0.1, 0.15) is 33.6 Å². The summed E-state index contributed by atoms with van der Waals surface area (Å²) in [5.74, 6) is 0. The largest absolute Gasteiger partial charge is 0.389 e. The summed E-state index contributed by atoms with van der Waals surface area (Å²) in [6.45, 7) is 8.63. The number of aliphatic hydroxyl groups is 1. The molecule has 0 radical (unpaired) electrons. The Morgan fingerprint density at radius 1 is 1.17 bits per heavy atom. The predicted octanol–water partition coefficient (Wildman–Crippen LogP) is 1.15. The van der Waals surface area contributed by atoms with Crippen LogP contribution in [0.25, 0.3) is 0 Å². The van der Waals surface area contributed by atoms with E-state index >= 15 is 0 Å².